The molecular weight excluding hydrogens is 539 g/mol. The SMILES string of the molecule is C=C(CCCNC(=O)C1CC1(F)F)Nc1cc(-c2ccc3cc(C#N)cnn23)ncc1C(=O)NC[C@@H](F)C(C)(C)O. The number of carbonyl (C=O) groups is 2. The number of fused-ring (bicyclic) bond motifs is 1. The first-order chi connectivity index (χ1) is 19.3. The van der Waals surface area contributed by atoms with Gasteiger partial charge in [0, 0.05) is 24.9 Å². The van der Waals surface area contributed by atoms with E-state index in [1.54, 1.807) is 28.8 Å². The summed E-state index contributed by atoms with van der Waals surface area (Å²) in [5.74, 6) is -5.52. The number of halogens is 3. The van der Waals surface area contributed by atoms with Gasteiger partial charge in [0.1, 0.15) is 18.2 Å². The quantitative estimate of drug-likeness (QED) is 0.244. The number of hydrogen-bond acceptors (Lipinski definition) is 7. The second-order valence-corrected chi connectivity index (χ2v) is 10.5. The lowest BCUT2D eigenvalue weighted by molar-refractivity contribution is -0.124. The summed E-state index contributed by atoms with van der Waals surface area (Å²) in [6.45, 7) is 6.30. The Morgan fingerprint density at radius 1 is 1.29 bits per heavy atom. The molecule has 1 saturated carbocycles. The van der Waals surface area contributed by atoms with Gasteiger partial charge < -0.3 is 21.1 Å². The Morgan fingerprint density at radius 3 is 2.68 bits per heavy atom. The lowest BCUT2D eigenvalue weighted by atomic mass is 10.0. The van der Waals surface area contributed by atoms with E-state index in [4.69, 9.17) is 5.26 Å². The molecule has 4 N–H and O–H groups in total. The second kappa shape index (κ2) is 11.6. The molecule has 3 heterocycles. The molecule has 0 radical (unpaired) electrons. The van der Waals surface area contributed by atoms with Gasteiger partial charge in [0.25, 0.3) is 11.8 Å². The van der Waals surface area contributed by atoms with Gasteiger partial charge in [0.05, 0.1) is 52.1 Å². The van der Waals surface area contributed by atoms with Crippen molar-refractivity contribution < 1.29 is 27.9 Å². The number of aliphatic hydroxyl groups is 1. The van der Waals surface area contributed by atoms with E-state index in [1.807, 2.05) is 6.07 Å². The Morgan fingerprint density at radius 2 is 2.02 bits per heavy atom. The lowest BCUT2D eigenvalue weighted by Crippen LogP contribution is -2.42. The maximum Gasteiger partial charge on any atom is 0.260 e. The van der Waals surface area contributed by atoms with E-state index >= 15 is 0 Å². The molecule has 0 saturated heterocycles. The van der Waals surface area contributed by atoms with Gasteiger partial charge in [-0.25, -0.2) is 17.7 Å². The van der Waals surface area contributed by atoms with Crippen LogP contribution in [-0.4, -0.2) is 62.3 Å². The minimum Gasteiger partial charge on any atom is -0.387 e. The Kier molecular flexibility index (Phi) is 8.34. The third kappa shape index (κ3) is 7.01. The first-order valence-corrected chi connectivity index (χ1v) is 12.9. The summed E-state index contributed by atoms with van der Waals surface area (Å²) in [7, 11) is 0. The van der Waals surface area contributed by atoms with Gasteiger partial charge >= 0.3 is 0 Å². The van der Waals surface area contributed by atoms with E-state index in [0.717, 1.165) is 0 Å². The number of carbonyl (C=O) groups excluding carboxylic acids is 2. The first kappa shape index (κ1) is 29.5. The Labute approximate surface area is 234 Å². The fraction of sp³-hybridized carbons (Fsp3) is 0.393. The second-order valence-electron chi connectivity index (χ2n) is 10.5. The number of amides is 2. The highest BCUT2D eigenvalue weighted by molar-refractivity contribution is 6.00. The monoisotopic (exact) mass is 569 g/mol. The predicted molar refractivity (Wildman–Crippen MR) is 145 cm³/mol. The number of nitrogens with zero attached hydrogens (tertiary/aromatic N) is 4. The fourth-order valence-electron chi connectivity index (χ4n) is 4.05. The Bertz CT molecular complexity index is 1520. The number of aromatic nitrogens is 3. The number of nitriles is 1. The number of alkyl halides is 3. The molecule has 41 heavy (non-hydrogen) atoms. The molecule has 2 amide bonds. The topological polar surface area (TPSA) is 144 Å². The molecule has 1 fully saturated rings. The number of hydrogen-bond donors (Lipinski definition) is 4. The standard InChI is InChI=1S/C28H30F3N7O3/c1-16(5-4-8-33-26(40)20-11-28(20,30)31)37-21-10-22(23-7-6-18-9-17(12-32)13-36-38(18)23)34-14-19(21)25(39)35-15-24(29)27(2,3)41/h6-7,9-10,13-14,20,24,41H,1,4-5,8,11,15H2,2-3H3,(H,33,40)(H,34,37)(H,35,39)/t20?,24-/m1/s1. The fourth-order valence-corrected chi connectivity index (χ4v) is 4.05. The molecule has 0 spiro atoms. The third-order valence-electron chi connectivity index (χ3n) is 6.66. The largest absolute Gasteiger partial charge is 0.387 e. The first-order valence-electron chi connectivity index (χ1n) is 12.9. The molecule has 1 unspecified atom stereocenters. The molecule has 1 aliphatic rings. The minimum absolute atomic E-state index is 0.0858. The summed E-state index contributed by atoms with van der Waals surface area (Å²) in [6, 6.07) is 8.82. The molecule has 2 atom stereocenters. The van der Waals surface area contributed by atoms with Gasteiger partial charge in [-0.1, -0.05) is 6.58 Å². The summed E-state index contributed by atoms with van der Waals surface area (Å²) in [5, 5.41) is 31.3. The maximum absolute atomic E-state index is 14.3. The predicted octanol–water partition coefficient (Wildman–Crippen LogP) is 3.58. The molecule has 0 bridgehead atoms. The highest BCUT2D eigenvalue weighted by Crippen LogP contribution is 2.48. The van der Waals surface area contributed by atoms with Crippen LogP contribution in [0.2, 0.25) is 0 Å². The average Bonchev–Trinajstić information content (AvgIpc) is 3.36. The van der Waals surface area contributed by atoms with Crippen molar-refractivity contribution in [3.63, 3.8) is 0 Å². The smallest absolute Gasteiger partial charge is 0.260 e. The maximum atomic E-state index is 14.3. The van der Waals surface area contributed by atoms with Crippen LogP contribution in [0.15, 0.2) is 48.9 Å². The van der Waals surface area contributed by atoms with Crippen molar-refractivity contribution in [3.05, 3.63) is 60.1 Å². The molecular formula is C28H30F3N7O3. The number of anilines is 1. The molecule has 216 valence electrons. The van der Waals surface area contributed by atoms with E-state index < -0.39 is 48.4 Å². The average molecular weight is 570 g/mol. The molecule has 0 aromatic carbocycles. The summed E-state index contributed by atoms with van der Waals surface area (Å²) in [4.78, 5) is 29.2. The number of pyridine rings is 1. The van der Waals surface area contributed by atoms with E-state index in [0.29, 0.717) is 46.7 Å². The van der Waals surface area contributed by atoms with Crippen LogP contribution in [-0.2, 0) is 4.79 Å². The molecule has 0 aliphatic heterocycles. The van der Waals surface area contributed by atoms with Crippen LogP contribution in [0.1, 0.15) is 49.0 Å². The molecule has 3 aromatic rings. The summed E-state index contributed by atoms with van der Waals surface area (Å²) >= 11 is 0. The van der Waals surface area contributed by atoms with E-state index in [1.165, 1.54) is 26.2 Å². The zero-order valence-electron chi connectivity index (χ0n) is 22.5. The molecule has 13 heteroatoms. The van der Waals surface area contributed by atoms with E-state index in [2.05, 4.69) is 32.6 Å². The van der Waals surface area contributed by atoms with E-state index in [-0.39, 0.29) is 12.1 Å². The Hall–Kier alpha value is -4.44. The van der Waals surface area contributed by atoms with Gasteiger partial charge in [0.2, 0.25) is 5.91 Å². The van der Waals surface area contributed by atoms with Crippen LogP contribution in [0, 0.1) is 17.2 Å². The molecule has 1 aliphatic carbocycles. The van der Waals surface area contributed by atoms with Gasteiger partial charge in [-0.05, 0) is 51.0 Å². The van der Waals surface area contributed by atoms with Crippen LogP contribution in [0.3, 0.4) is 0 Å². The summed E-state index contributed by atoms with van der Waals surface area (Å²) < 4.78 is 42.0. The van der Waals surface area contributed by atoms with Crippen molar-refractivity contribution >= 4 is 23.0 Å². The molecule has 4 rings (SSSR count). The van der Waals surface area contributed by atoms with Gasteiger partial charge in [-0.15, -0.1) is 0 Å². The van der Waals surface area contributed by atoms with Gasteiger partial charge in [-0.3, -0.25) is 14.6 Å². The van der Waals surface area contributed by atoms with Crippen molar-refractivity contribution in [3.8, 4) is 17.5 Å². The van der Waals surface area contributed by atoms with Crippen LogP contribution < -0.4 is 16.0 Å². The van der Waals surface area contributed by atoms with Crippen molar-refractivity contribution in [1.82, 2.24) is 25.2 Å². The number of nitrogens with one attached hydrogen (secondary N) is 3. The van der Waals surface area contributed by atoms with Crippen molar-refractivity contribution in [2.24, 2.45) is 5.92 Å². The van der Waals surface area contributed by atoms with Crippen LogP contribution in [0.5, 0.6) is 0 Å². The van der Waals surface area contributed by atoms with Gasteiger partial charge in [0.15, 0.2) is 0 Å². The summed E-state index contributed by atoms with van der Waals surface area (Å²) in [5.41, 5.74) is 1.28. The number of rotatable bonds is 12. The highest BCUT2D eigenvalue weighted by atomic mass is 19.3. The normalized spacial score (nSPS) is 16.5. The zero-order chi connectivity index (χ0) is 29.9. The molecule has 3 aromatic heterocycles. The summed E-state index contributed by atoms with van der Waals surface area (Å²) in [6.07, 6.45) is 1.33. The van der Waals surface area contributed by atoms with Crippen molar-refractivity contribution in [2.45, 2.75) is 50.8 Å². The number of allylic oxidation sites excluding steroid dienone is 1. The molecule has 10 nitrogen and oxygen atoms in total. The van der Waals surface area contributed by atoms with Crippen LogP contribution >= 0.6 is 0 Å². The van der Waals surface area contributed by atoms with Gasteiger partial charge in [-0.2, -0.15) is 10.4 Å². The van der Waals surface area contributed by atoms with Crippen LogP contribution in [0.25, 0.3) is 16.9 Å². The van der Waals surface area contributed by atoms with Crippen molar-refractivity contribution in [2.75, 3.05) is 18.4 Å². The third-order valence-corrected chi connectivity index (χ3v) is 6.66. The van der Waals surface area contributed by atoms with Crippen molar-refractivity contribution in [1.29, 1.82) is 5.26 Å². The highest BCUT2D eigenvalue weighted by Gasteiger charge is 2.61. The minimum atomic E-state index is -2.93. The Balaban J connectivity index is 1.50. The van der Waals surface area contributed by atoms with Crippen LogP contribution in [0.4, 0.5) is 18.9 Å². The zero-order valence-corrected chi connectivity index (χ0v) is 22.5. The lowest BCUT2D eigenvalue weighted by Gasteiger charge is -2.22. The van der Waals surface area contributed by atoms with E-state index in [9.17, 15) is 27.9 Å².